The zero-order chi connectivity index (χ0) is 21.0. The highest BCUT2D eigenvalue weighted by molar-refractivity contribution is 5.61. The second-order valence-electron chi connectivity index (χ2n) is 6.42. The number of benzene rings is 2. The summed E-state index contributed by atoms with van der Waals surface area (Å²) in [7, 11) is 0. The van der Waals surface area contributed by atoms with Crippen molar-refractivity contribution in [3.05, 3.63) is 77.0 Å². The van der Waals surface area contributed by atoms with E-state index in [1.165, 1.54) is 6.07 Å². The second kappa shape index (κ2) is 8.33. The van der Waals surface area contributed by atoms with E-state index in [-0.39, 0.29) is 12.4 Å². The molecule has 0 spiro atoms. The molecule has 0 saturated carbocycles. The summed E-state index contributed by atoms with van der Waals surface area (Å²) in [5, 5.41) is 18.1. The molecule has 0 aliphatic rings. The first-order valence-electron chi connectivity index (χ1n) is 8.78. The van der Waals surface area contributed by atoms with Gasteiger partial charge in [0.1, 0.15) is 11.5 Å². The molecule has 148 valence electrons. The van der Waals surface area contributed by atoms with Crippen LogP contribution in [0.2, 0.25) is 0 Å². The third-order valence-corrected chi connectivity index (χ3v) is 4.22. The zero-order valence-electron chi connectivity index (χ0n) is 15.5. The van der Waals surface area contributed by atoms with Crippen molar-refractivity contribution >= 4 is 0 Å². The van der Waals surface area contributed by atoms with Gasteiger partial charge in [0.05, 0.1) is 22.9 Å². The monoisotopic (exact) mass is 398 g/mol. The van der Waals surface area contributed by atoms with Gasteiger partial charge < -0.3 is 9.84 Å². The fraction of sp³-hybridized carbons (Fsp3) is 0.182. The highest BCUT2D eigenvalue weighted by Crippen LogP contribution is 2.34. The minimum atomic E-state index is -4.60. The lowest BCUT2D eigenvalue weighted by molar-refractivity contribution is -0.137. The Kier molecular flexibility index (Phi) is 5.85. The number of aryl methyl sites for hydroxylation is 1. The molecule has 0 aliphatic heterocycles. The summed E-state index contributed by atoms with van der Waals surface area (Å²) >= 11 is 0. The maximum atomic E-state index is 12.9. The molecule has 0 fully saturated rings. The highest BCUT2D eigenvalue weighted by Gasteiger charge is 2.33. The lowest BCUT2D eigenvalue weighted by Crippen LogP contribution is -2.07. The Morgan fingerprint density at radius 2 is 1.72 bits per heavy atom. The van der Waals surface area contributed by atoms with Crippen molar-refractivity contribution < 1.29 is 23.0 Å². The first kappa shape index (κ1) is 20.4. The topological polar surface area (TPSA) is 66.1 Å². The minimum Gasteiger partial charge on any atom is -0.457 e. The van der Waals surface area contributed by atoms with Crippen molar-refractivity contribution in [1.29, 1.82) is 5.26 Å². The summed E-state index contributed by atoms with van der Waals surface area (Å²) in [6, 6.07) is 15.4. The van der Waals surface area contributed by atoms with Crippen LogP contribution in [0, 0.1) is 18.3 Å². The molecule has 7 heteroatoms. The van der Waals surface area contributed by atoms with E-state index >= 15 is 0 Å². The number of aromatic nitrogens is 1. The average Bonchev–Trinajstić information content (AvgIpc) is 2.67. The lowest BCUT2D eigenvalue weighted by atomic mass is 10.1. The Balaban J connectivity index is 1.82. The van der Waals surface area contributed by atoms with Crippen LogP contribution in [0.3, 0.4) is 0 Å². The van der Waals surface area contributed by atoms with E-state index in [1.54, 1.807) is 30.3 Å². The molecule has 3 rings (SSSR count). The summed E-state index contributed by atoms with van der Waals surface area (Å²) < 4.78 is 44.3. The van der Waals surface area contributed by atoms with Crippen molar-refractivity contribution in [2.24, 2.45) is 0 Å². The van der Waals surface area contributed by atoms with Crippen LogP contribution in [0.15, 0.2) is 54.6 Å². The first-order chi connectivity index (χ1) is 13.8. The predicted octanol–water partition coefficient (Wildman–Crippen LogP) is 5.27. The number of aliphatic hydroxyl groups is 1. The van der Waals surface area contributed by atoms with Crippen LogP contribution in [0.1, 0.15) is 22.4 Å². The number of alkyl halides is 3. The van der Waals surface area contributed by atoms with Crippen LogP contribution >= 0.6 is 0 Å². The number of rotatable bonds is 5. The van der Waals surface area contributed by atoms with Crippen molar-refractivity contribution in [2.75, 3.05) is 6.61 Å². The van der Waals surface area contributed by atoms with Crippen molar-refractivity contribution in [1.82, 2.24) is 4.98 Å². The van der Waals surface area contributed by atoms with Crippen molar-refractivity contribution in [2.45, 2.75) is 19.5 Å². The molecule has 1 aromatic heterocycles. The molecule has 3 aromatic rings. The fourth-order valence-corrected chi connectivity index (χ4v) is 2.92. The van der Waals surface area contributed by atoms with Gasteiger partial charge in [0.2, 0.25) is 0 Å². The normalized spacial score (nSPS) is 11.2. The Hall–Kier alpha value is -3.37. The van der Waals surface area contributed by atoms with E-state index in [1.807, 2.05) is 19.1 Å². The van der Waals surface area contributed by atoms with Crippen LogP contribution < -0.4 is 4.74 Å². The number of nitriles is 1. The molecule has 0 saturated heterocycles. The Morgan fingerprint density at radius 1 is 1.03 bits per heavy atom. The molecule has 0 radical (unpaired) electrons. The van der Waals surface area contributed by atoms with Crippen molar-refractivity contribution in [3.63, 3.8) is 0 Å². The fourth-order valence-electron chi connectivity index (χ4n) is 2.92. The summed E-state index contributed by atoms with van der Waals surface area (Å²) in [6.07, 6.45) is -4.06. The molecule has 0 amide bonds. The van der Waals surface area contributed by atoms with Gasteiger partial charge in [0, 0.05) is 17.9 Å². The van der Waals surface area contributed by atoms with E-state index in [9.17, 15) is 13.2 Å². The summed E-state index contributed by atoms with van der Waals surface area (Å²) in [6.45, 7) is 1.92. The van der Waals surface area contributed by atoms with Gasteiger partial charge in [0.15, 0.2) is 0 Å². The summed E-state index contributed by atoms with van der Waals surface area (Å²) in [4.78, 5) is 4.49. The number of hydrogen-bond acceptors (Lipinski definition) is 4. The highest BCUT2D eigenvalue weighted by atomic mass is 19.4. The molecule has 4 nitrogen and oxygen atoms in total. The van der Waals surface area contributed by atoms with Gasteiger partial charge in [-0.2, -0.15) is 18.4 Å². The average molecular weight is 398 g/mol. The van der Waals surface area contributed by atoms with E-state index < -0.39 is 17.3 Å². The maximum Gasteiger partial charge on any atom is 0.417 e. The standard InChI is InChI=1S/C22H17F3N2O2/c1-14-10-15(8-9-28)11-21(27-14)16-2-4-18(5-3-16)29-19-6-7-20(22(23,24)25)17(12-19)13-26/h2-7,10-12,28H,8-9H2,1H3. The van der Waals surface area contributed by atoms with Gasteiger partial charge in [-0.25, -0.2) is 0 Å². The van der Waals surface area contributed by atoms with E-state index in [0.29, 0.717) is 12.2 Å². The molecular formula is C22H17F3N2O2. The van der Waals surface area contributed by atoms with Crippen LogP contribution in [0.25, 0.3) is 11.3 Å². The molecular weight excluding hydrogens is 381 g/mol. The molecule has 1 N–H and O–H groups in total. The number of pyridine rings is 1. The smallest absolute Gasteiger partial charge is 0.417 e. The SMILES string of the molecule is Cc1cc(CCO)cc(-c2ccc(Oc3ccc(C(F)(F)F)c(C#N)c3)cc2)n1. The largest absolute Gasteiger partial charge is 0.457 e. The minimum absolute atomic E-state index is 0.0491. The van der Waals surface area contributed by atoms with Gasteiger partial charge in [-0.3, -0.25) is 4.98 Å². The third kappa shape index (κ3) is 4.92. The number of hydrogen-bond donors (Lipinski definition) is 1. The summed E-state index contributed by atoms with van der Waals surface area (Å²) in [5.74, 6) is 0.557. The van der Waals surface area contributed by atoms with Gasteiger partial charge in [-0.1, -0.05) is 0 Å². The molecule has 29 heavy (non-hydrogen) atoms. The van der Waals surface area contributed by atoms with E-state index in [2.05, 4.69) is 4.98 Å². The predicted molar refractivity (Wildman–Crippen MR) is 101 cm³/mol. The summed E-state index contributed by atoms with van der Waals surface area (Å²) in [5.41, 5.74) is 1.91. The Morgan fingerprint density at radius 3 is 2.34 bits per heavy atom. The maximum absolute atomic E-state index is 12.9. The van der Waals surface area contributed by atoms with Crippen LogP contribution in [-0.4, -0.2) is 16.7 Å². The second-order valence-corrected chi connectivity index (χ2v) is 6.42. The quantitative estimate of drug-likeness (QED) is 0.635. The van der Waals surface area contributed by atoms with Crippen molar-refractivity contribution in [3.8, 4) is 28.8 Å². The lowest BCUT2D eigenvalue weighted by Gasteiger charge is -2.11. The van der Waals surface area contributed by atoms with Gasteiger partial charge in [0.25, 0.3) is 0 Å². The van der Waals surface area contributed by atoms with Gasteiger partial charge in [-0.15, -0.1) is 0 Å². The number of aliphatic hydroxyl groups excluding tert-OH is 1. The van der Waals surface area contributed by atoms with Crippen LogP contribution in [-0.2, 0) is 12.6 Å². The third-order valence-electron chi connectivity index (χ3n) is 4.22. The molecule has 1 heterocycles. The number of ether oxygens (including phenoxy) is 1. The van der Waals surface area contributed by atoms with Gasteiger partial charge in [-0.05, 0) is 73.5 Å². The van der Waals surface area contributed by atoms with Crippen LogP contribution in [0.5, 0.6) is 11.5 Å². The van der Waals surface area contributed by atoms with E-state index in [4.69, 9.17) is 15.1 Å². The van der Waals surface area contributed by atoms with Crippen LogP contribution in [0.4, 0.5) is 13.2 Å². The van der Waals surface area contributed by atoms with E-state index in [0.717, 1.165) is 34.6 Å². The molecule has 0 bridgehead atoms. The molecule has 2 aromatic carbocycles. The molecule has 0 unspecified atom stereocenters. The molecule has 0 atom stereocenters. The molecule has 0 aliphatic carbocycles. The number of halogens is 3. The Bertz CT molecular complexity index is 1060. The zero-order valence-corrected chi connectivity index (χ0v) is 15.5. The number of nitrogens with zero attached hydrogens (tertiary/aromatic N) is 2. The Labute approximate surface area is 165 Å². The van der Waals surface area contributed by atoms with Gasteiger partial charge >= 0.3 is 6.18 Å². The first-order valence-corrected chi connectivity index (χ1v) is 8.78.